The Morgan fingerprint density at radius 2 is 1.52 bits per heavy atom. The number of hydrogen-bond acceptors (Lipinski definition) is 4. The summed E-state index contributed by atoms with van der Waals surface area (Å²) in [6.45, 7) is 12.5. The normalized spacial score (nSPS) is 12.3. The maximum atomic E-state index is 8.55. The number of rotatable bonds is 7. The van der Waals surface area contributed by atoms with Crippen molar-refractivity contribution in [3.63, 3.8) is 0 Å². The van der Waals surface area contributed by atoms with Gasteiger partial charge >= 0.3 is 0 Å². The van der Waals surface area contributed by atoms with Crippen molar-refractivity contribution in [2.75, 3.05) is 0 Å². The van der Waals surface area contributed by atoms with Gasteiger partial charge in [-0.1, -0.05) is 135 Å². The van der Waals surface area contributed by atoms with Crippen LogP contribution < -0.4 is 5.19 Å². The van der Waals surface area contributed by atoms with Crippen molar-refractivity contribution >= 4 is 57.1 Å². The number of para-hydroxylation sites is 2. The molecule has 0 saturated carbocycles. The fraction of sp³-hybridized carbons (Fsp3) is 0.151. The number of aromatic nitrogens is 4. The number of nitrogens with zero attached hydrogens (tertiary/aromatic N) is 4. The minimum Gasteiger partial charge on any atom is -0.486 e. The quantitative estimate of drug-likeness (QED) is 0.118. The van der Waals surface area contributed by atoms with Crippen LogP contribution in [0.5, 0.6) is 0 Å². The molecule has 0 N–H and O–H groups in total. The number of aryl methyl sites for hydroxylation is 1. The zero-order valence-corrected chi connectivity index (χ0v) is 37.9. The monoisotopic (exact) mass is 977 g/mol. The van der Waals surface area contributed by atoms with Crippen LogP contribution >= 0.6 is 0 Å². The SMILES string of the molecule is Cc1ccc2c(n1)oc1c(-c3nc4ccccc4n3-c3c(-c4ccccc4)ccc4ccccc34)[c-]ccc12.[2H]C([2H])(c1cc(-c2[c-]cccc2)ncc1[Si](C)(C)C)C(C)C.[Ir]. The molecule has 7 heteroatoms. The molecule has 0 unspecified atom stereocenters. The summed E-state index contributed by atoms with van der Waals surface area (Å²) >= 11 is 0. The molecule has 4 aromatic heterocycles. The topological polar surface area (TPSA) is 56.7 Å². The molecule has 299 valence electrons. The van der Waals surface area contributed by atoms with Crippen molar-refractivity contribution in [1.82, 2.24) is 19.5 Å². The van der Waals surface area contributed by atoms with Gasteiger partial charge in [0.15, 0.2) is 0 Å². The van der Waals surface area contributed by atoms with Crippen LogP contribution in [0, 0.1) is 25.0 Å². The Morgan fingerprint density at radius 1 is 0.750 bits per heavy atom. The number of pyridine rings is 2. The van der Waals surface area contributed by atoms with Crippen molar-refractivity contribution < 1.29 is 27.3 Å². The van der Waals surface area contributed by atoms with Gasteiger partial charge in [-0.15, -0.1) is 54.1 Å². The van der Waals surface area contributed by atoms with Gasteiger partial charge in [-0.25, -0.2) is 4.98 Å². The van der Waals surface area contributed by atoms with E-state index in [-0.39, 0.29) is 26.0 Å². The third kappa shape index (κ3) is 7.89. The van der Waals surface area contributed by atoms with E-state index in [2.05, 4.69) is 137 Å². The van der Waals surface area contributed by atoms with E-state index in [1.807, 2.05) is 81.6 Å². The summed E-state index contributed by atoms with van der Waals surface area (Å²) in [7, 11) is -1.67. The van der Waals surface area contributed by atoms with E-state index in [9.17, 15) is 0 Å². The van der Waals surface area contributed by atoms with Crippen LogP contribution in [-0.2, 0) is 26.5 Å². The molecule has 5 nitrogen and oxygen atoms in total. The van der Waals surface area contributed by atoms with Gasteiger partial charge in [-0.05, 0) is 65.3 Å². The van der Waals surface area contributed by atoms with Gasteiger partial charge in [-0.3, -0.25) is 4.98 Å². The Bertz CT molecular complexity index is 3210. The van der Waals surface area contributed by atoms with Gasteiger partial charge in [0, 0.05) is 51.1 Å². The van der Waals surface area contributed by atoms with Crippen LogP contribution in [-0.4, -0.2) is 27.6 Å². The van der Waals surface area contributed by atoms with Gasteiger partial charge in [0.05, 0.1) is 36.2 Å². The second kappa shape index (κ2) is 16.9. The first kappa shape index (κ1) is 38.2. The zero-order chi connectivity index (χ0) is 42.5. The van der Waals surface area contributed by atoms with Gasteiger partial charge in [0.25, 0.3) is 0 Å². The molecule has 10 aromatic rings. The molecule has 0 amide bonds. The minimum absolute atomic E-state index is 0. The zero-order valence-electron chi connectivity index (χ0n) is 36.5. The first-order valence-corrected chi connectivity index (χ1v) is 23.6. The van der Waals surface area contributed by atoms with Gasteiger partial charge in [0.2, 0.25) is 5.71 Å². The maximum Gasteiger partial charge on any atom is 0.216 e. The largest absolute Gasteiger partial charge is 0.486 e. The fourth-order valence-electron chi connectivity index (χ4n) is 7.83. The smallest absolute Gasteiger partial charge is 0.216 e. The molecule has 6 aromatic carbocycles. The Labute approximate surface area is 369 Å². The molecule has 4 heterocycles. The third-order valence-corrected chi connectivity index (χ3v) is 12.6. The summed E-state index contributed by atoms with van der Waals surface area (Å²) in [6.07, 6.45) is 0.528. The van der Waals surface area contributed by atoms with E-state index in [0.717, 1.165) is 88.7 Å². The van der Waals surface area contributed by atoms with Crippen molar-refractivity contribution in [3.05, 3.63) is 175 Å². The summed E-state index contributed by atoms with van der Waals surface area (Å²) < 4.78 is 25.8. The standard InChI is InChI=1S/C35H22N3O.C18H24NSi.Ir/c1-22-18-20-28-27-14-9-15-29(33(27)39-35(28)36-22)34-37-30-16-7-8-17-31(30)38(34)32-25-13-6-5-12-24(25)19-21-26(32)23-10-3-2-4-11-23;1-14(2)11-16-12-17(15-9-7-6-8-10-15)19-13-18(16)20(3,4)5;/h2-14,16-21H,1H3;6-9,12-14H,11H2,1-5H3;/q2*-1;/i;11D2;. The summed E-state index contributed by atoms with van der Waals surface area (Å²) in [6, 6.07) is 56.1. The van der Waals surface area contributed by atoms with Crippen LogP contribution in [0.25, 0.3) is 83.3 Å². The van der Waals surface area contributed by atoms with Gasteiger partial charge < -0.3 is 14.0 Å². The first-order valence-electron chi connectivity index (χ1n) is 21.1. The average Bonchev–Trinajstić information content (AvgIpc) is 3.84. The number of furan rings is 1. The fourth-order valence-corrected chi connectivity index (χ4v) is 9.24. The number of fused-ring (bicyclic) bond motifs is 5. The molecule has 0 bridgehead atoms. The summed E-state index contributed by atoms with van der Waals surface area (Å²) in [5, 5.41) is 5.42. The third-order valence-electron chi connectivity index (χ3n) is 10.6. The summed E-state index contributed by atoms with van der Waals surface area (Å²) in [5.41, 5.74) is 10.9. The van der Waals surface area contributed by atoms with Crippen molar-refractivity contribution in [3.8, 4) is 39.5 Å². The Morgan fingerprint density at radius 3 is 2.30 bits per heavy atom. The van der Waals surface area contributed by atoms with Crippen LogP contribution in [0.15, 0.2) is 156 Å². The Balaban J connectivity index is 0.000000197. The molecule has 10 rings (SSSR count). The molecule has 1 radical (unpaired) electrons. The van der Waals surface area contributed by atoms with E-state index in [0.29, 0.717) is 5.71 Å². The van der Waals surface area contributed by atoms with Crippen LogP contribution in [0.2, 0.25) is 19.6 Å². The van der Waals surface area contributed by atoms with E-state index >= 15 is 0 Å². The predicted molar refractivity (Wildman–Crippen MR) is 248 cm³/mol. The molecular weight excluding hydrogens is 929 g/mol. The first-order chi connectivity index (χ1) is 29.4. The summed E-state index contributed by atoms with van der Waals surface area (Å²) in [4.78, 5) is 14.4. The van der Waals surface area contributed by atoms with Crippen molar-refractivity contribution in [2.45, 2.75) is 46.8 Å². The predicted octanol–water partition coefficient (Wildman–Crippen LogP) is 13.2. The Hall–Kier alpha value is -5.98. The second-order valence-electron chi connectivity index (χ2n) is 16.3. The van der Waals surface area contributed by atoms with Crippen LogP contribution in [0.1, 0.15) is 27.8 Å². The van der Waals surface area contributed by atoms with Crippen molar-refractivity contribution in [2.24, 2.45) is 5.92 Å². The Kier molecular flexibility index (Phi) is 10.8. The van der Waals surface area contributed by atoms with Gasteiger partial charge in [0.1, 0.15) is 0 Å². The number of benzene rings is 6. The van der Waals surface area contributed by atoms with E-state index in [4.69, 9.17) is 12.1 Å². The molecule has 0 fully saturated rings. The van der Waals surface area contributed by atoms with E-state index < -0.39 is 14.4 Å². The van der Waals surface area contributed by atoms with Crippen LogP contribution in [0.4, 0.5) is 0 Å². The van der Waals surface area contributed by atoms with E-state index in [1.54, 1.807) is 0 Å². The molecule has 60 heavy (non-hydrogen) atoms. The molecule has 0 aliphatic heterocycles. The second-order valence-corrected chi connectivity index (χ2v) is 21.3. The average molecular weight is 977 g/mol. The van der Waals surface area contributed by atoms with Crippen LogP contribution in [0.3, 0.4) is 0 Å². The molecule has 0 aliphatic carbocycles. The molecule has 0 aliphatic rings. The molecule has 0 saturated heterocycles. The van der Waals surface area contributed by atoms with Gasteiger partial charge in [-0.2, -0.15) is 0 Å². The molecule has 0 spiro atoms. The number of hydrogen-bond donors (Lipinski definition) is 0. The summed E-state index contributed by atoms with van der Waals surface area (Å²) in [5.74, 6) is 0.698. The number of imidazole rings is 1. The van der Waals surface area contributed by atoms with Crippen molar-refractivity contribution in [1.29, 1.82) is 0 Å². The minimum atomic E-state index is -1.67. The maximum absolute atomic E-state index is 8.55. The molecule has 0 atom stereocenters. The molecular formula is C53H46IrN4OSi-2. The van der Waals surface area contributed by atoms with E-state index in [1.165, 1.54) is 5.39 Å².